The van der Waals surface area contributed by atoms with Crippen LogP contribution in [0, 0.1) is 5.92 Å². The molecule has 0 aliphatic rings. The number of carbonyl (C=O) groups is 1. The number of nitrogens with zero attached hydrogens (tertiary/aromatic N) is 2. The van der Waals surface area contributed by atoms with Crippen molar-refractivity contribution in [1.82, 2.24) is 14.9 Å². The quantitative estimate of drug-likeness (QED) is 0.662. The Morgan fingerprint density at radius 2 is 1.71 bits per heavy atom. The molecule has 0 aliphatic carbocycles. The number of hydrogen-bond acceptors (Lipinski definition) is 4. The number of para-hydroxylation sites is 2. The Bertz CT molecular complexity index is 1070. The van der Waals surface area contributed by atoms with E-state index in [1.54, 1.807) is 4.57 Å². The normalized spacial score (nSPS) is 13.0. The smallest absolute Gasteiger partial charge is 0.240 e. The standard InChI is InChI=1S/C21H25N3O3S/c1-15(2)21(16-9-5-4-6-10-16)23-20(25)13-24-18-12-8-7-11-17(18)22-19(24)14-28(3,26)27/h4-12,15,21H,13-14H2,1-3H3,(H,23,25). The monoisotopic (exact) mass is 399 g/mol. The summed E-state index contributed by atoms with van der Waals surface area (Å²) in [6.45, 7) is 4.13. The van der Waals surface area contributed by atoms with Crippen molar-refractivity contribution in [2.75, 3.05) is 6.26 Å². The predicted octanol–water partition coefficient (Wildman–Crippen LogP) is 3.09. The minimum atomic E-state index is -3.28. The minimum absolute atomic E-state index is 0.0153. The highest BCUT2D eigenvalue weighted by molar-refractivity contribution is 7.89. The van der Waals surface area contributed by atoms with E-state index in [1.165, 1.54) is 6.26 Å². The first kappa shape index (κ1) is 20.1. The van der Waals surface area contributed by atoms with Crippen molar-refractivity contribution in [1.29, 1.82) is 0 Å². The van der Waals surface area contributed by atoms with Crippen LogP contribution in [0.25, 0.3) is 11.0 Å². The molecular formula is C21H25N3O3S. The summed E-state index contributed by atoms with van der Waals surface area (Å²) in [5, 5.41) is 3.09. The molecule has 0 spiro atoms. The summed E-state index contributed by atoms with van der Waals surface area (Å²) in [5.74, 6) is 0.197. The van der Waals surface area contributed by atoms with E-state index in [9.17, 15) is 13.2 Å². The van der Waals surface area contributed by atoms with E-state index in [4.69, 9.17) is 0 Å². The number of imidazole rings is 1. The van der Waals surface area contributed by atoms with Crippen LogP contribution in [0.5, 0.6) is 0 Å². The van der Waals surface area contributed by atoms with Gasteiger partial charge < -0.3 is 9.88 Å². The Balaban J connectivity index is 1.89. The first-order chi connectivity index (χ1) is 13.2. The molecular weight excluding hydrogens is 374 g/mol. The Morgan fingerprint density at radius 1 is 1.07 bits per heavy atom. The maximum atomic E-state index is 12.9. The molecule has 0 radical (unpaired) electrons. The lowest BCUT2D eigenvalue weighted by Crippen LogP contribution is -2.34. The lowest BCUT2D eigenvalue weighted by molar-refractivity contribution is -0.122. The van der Waals surface area contributed by atoms with Gasteiger partial charge in [-0.05, 0) is 23.6 Å². The molecule has 0 saturated carbocycles. The summed E-state index contributed by atoms with van der Waals surface area (Å²) < 4.78 is 25.3. The number of benzene rings is 2. The molecule has 2 aromatic carbocycles. The van der Waals surface area contributed by atoms with Crippen LogP contribution in [0.2, 0.25) is 0 Å². The van der Waals surface area contributed by atoms with Gasteiger partial charge in [-0.25, -0.2) is 13.4 Å². The highest BCUT2D eigenvalue weighted by Gasteiger charge is 2.21. The highest BCUT2D eigenvalue weighted by atomic mass is 32.2. The third-order valence-electron chi connectivity index (χ3n) is 4.57. The van der Waals surface area contributed by atoms with Gasteiger partial charge in [-0.3, -0.25) is 4.79 Å². The SMILES string of the molecule is CC(C)C(NC(=O)Cn1c(CS(C)(=O)=O)nc2ccccc21)c1ccccc1. The van der Waals surface area contributed by atoms with E-state index in [-0.39, 0.29) is 30.2 Å². The maximum absolute atomic E-state index is 12.9. The van der Waals surface area contributed by atoms with Gasteiger partial charge >= 0.3 is 0 Å². The van der Waals surface area contributed by atoms with Gasteiger partial charge in [0, 0.05) is 6.26 Å². The second-order valence-electron chi connectivity index (χ2n) is 7.37. The van der Waals surface area contributed by atoms with Crippen LogP contribution in [0.4, 0.5) is 0 Å². The van der Waals surface area contributed by atoms with E-state index >= 15 is 0 Å². The van der Waals surface area contributed by atoms with E-state index in [0.717, 1.165) is 11.1 Å². The molecule has 0 bridgehead atoms. The van der Waals surface area contributed by atoms with Gasteiger partial charge in [-0.1, -0.05) is 56.3 Å². The Hall–Kier alpha value is -2.67. The molecule has 7 heteroatoms. The predicted molar refractivity (Wildman–Crippen MR) is 110 cm³/mol. The molecule has 6 nitrogen and oxygen atoms in total. The number of fused-ring (bicyclic) bond motifs is 1. The summed E-state index contributed by atoms with van der Waals surface area (Å²) in [7, 11) is -3.28. The van der Waals surface area contributed by atoms with E-state index in [0.29, 0.717) is 11.3 Å². The van der Waals surface area contributed by atoms with Crippen LogP contribution in [0.1, 0.15) is 31.3 Å². The molecule has 0 saturated heterocycles. The van der Waals surface area contributed by atoms with Gasteiger partial charge in [-0.15, -0.1) is 0 Å². The molecule has 1 atom stereocenters. The van der Waals surface area contributed by atoms with E-state index < -0.39 is 9.84 Å². The third kappa shape index (κ3) is 4.78. The number of rotatable bonds is 7. The Morgan fingerprint density at radius 3 is 2.36 bits per heavy atom. The number of aromatic nitrogens is 2. The molecule has 148 valence electrons. The molecule has 1 N–H and O–H groups in total. The molecule has 1 aromatic heterocycles. The lowest BCUT2D eigenvalue weighted by atomic mass is 9.96. The number of carbonyl (C=O) groups excluding carboxylic acids is 1. The van der Waals surface area contributed by atoms with Gasteiger partial charge in [0.2, 0.25) is 5.91 Å². The first-order valence-corrected chi connectivity index (χ1v) is 11.3. The van der Waals surface area contributed by atoms with Crippen molar-refractivity contribution in [2.24, 2.45) is 5.92 Å². The molecule has 1 unspecified atom stereocenters. The molecule has 1 heterocycles. The minimum Gasteiger partial charge on any atom is -0.347 e. The fraction of sp³-hybridized carbons (Fsp3) is 0.333. The van der Waals surface area contributed by atoms with E-state index in [1.807, 2.05) is 54.6 Å². The topological polar surface area (TPSA) is 81.1 Å². The molecule has 3 rings (SSSR count). The maximum Gasteiger partial charge on any atom is 0.240 e. The molecule has 1 amide bonds. The van der Waals surface area contributed by atoms with Crippen molar-refractivity contribution in [3.05, 3.63) is 66.0 Å². The second kappa shape index (κ2) is 8.14. The lowest BCUT2D eigenvalue weighted by Gasteiger charge is -2.23. The summed E-state index contributed by atoms with van der Waals surface area (Å²) in [4.78, 5) is 17.3. The van der Waals surface area contributed by atoms with Crippen molar-refractivity contribution in [3.63, 3.8) is 0 Å². The van der Waals surface area contributed by atoms with E-state index in [2.05, 4.69) is 24.1 Å². The van der Waals surface area contributed by atoms with Gasteiger partial charge in [-0.2, -0.15) is 0 Å². The zero-order valence-corrected chi connectivity index (χ0v) is 17.1. The summed E-state index contributed by atoms with van der Waals surface area (Å²) in [6, 6.07) is 17.1. The summed E-state index contributed by atoms with van der Waals surface area (Å²) in [5.41, 5.74) is 2.47. The summed E-state index contributed by atoms with van der Waals surface area (Å²) in [6.07, 6.45) is 1.17. The zero-order valence-electron chi connectivity index (χ0n) is 16.3. The zero-order chi connectivity index (χ0) is 20.3. The van der Waals surface area contributed by atoms with Crippen LogP contribution in [0.3, 0.4) is 0 Å². The van der Waals surface area contributed by atoms with Crippen LogP contribution in [0.15, 0.2) is 54.6 Å². The average molecular weight is 400 g/mol. The molecule has 3 aromatic rings. The van der Waals surface area contributed by atoms with Gasteiger partial charge in [0.15, 0.2) is 9.84 Å². The Labute approximate surface area is 165 Å². The van der Waals surface area contributed by atoms with Crippen LogP contribution >= 0.6 is 0 Å². The number of amides is 1. The number of nitrogens with one attached hydrogen (secondary N) is 1. The average Bonchev–Trinajstić information content (AvgIpc) is 2.95. The molecule has 28 heavy (non-hydrogen) atoms. The largest absolute Gasteiger partial charge is 0.347 e. The Kier molecular flexibility index (Phi) is 5.84. The number of hydrogen-bond donors (Lipinski definition) is 1. The van der Waals surface area contributed by atoms with Gasteiger partial charge in [0.05, 0.1) is 17.1 Å². The molecule has 0 aliphatic heterocycles. The van der Waals surface area contributed by atoms with Crippen molar-refractivity contribution >= 4 is 26.8 Å². The third-order valence-corrected chi connectivity index (χ3v) is 5.35. The van der Waals surface area contributed by atoms with Crippen LogP contribution < -0.4 is 5.32 Å². The fourth-order valence-corrected chi connectivity index (χ4v) is 3.99. The molecule has 0 fully saturated rings. The summed E-state index contributed by atoms with van der Waals surface area (Å²) >= 11 is 0. The highest BCUT2D eigenvalue weighted by Crippen LogP contribution is 2.22. The van der Waals surface area contributed by atoms with Crippen LogP contribution in [-0.2, 0) is 26.9 Å². The van der Waals surface area contributed by atoms with Crippen molar-refractivity contribution in [2.45, 2.75) is 32.2 Å². The first-order valence-electron chi connectivity index (χ1n) is 9.21. The fourth-order valence-electron chi connectivity index (χ4n) is 3.30. The second-order valence-corrected chi connectivity index (χ2v) is 9.51. The van der Waals surface area contributed by atoms with Crippen LogP contribution in [-0.4, -0.2) is 30.1 Å². The van der Waals surface area contributed by atoms with Crippen molar-refractivity contribution in [3.8, 4) is 0 Å². The van der Waals surface area contributed by atoms with Gasteiger partial charge in [0.1, 0.15) is 18.1 Å². The van der Waals surface area contributed by atoms with Crippen molar-refractivity contribution < 1.29 is 13.2 Å². The number of sulfone groups is 1. The van der Waals surface area contributed by atoms with Gasteiger partial charge in [0.25, 0.3) is 0 Å².